The Labute approximate surface area is 184 Å². The number of benzene rings is 2. The number of carbonyl (C=O) groups is 1. The fourth-order valence-electron chi connectivity index (χ4n) is 3.79. The first-order valence-corrected chi connectivity index (χ1v) is 10.4. The standard InChI is InChI=1S/C24H24F3N3O2/c1-23(2,3)18-9-7-16(8-10-18)21-28-22(32-29-21)17-12-20(31)30(14-17)13-15-5-4-6-19(11-15)24(25,26)27/h4-11,17H,12-14H2,1-3H3. The summed E-state index contributed by atoms with van der Waals surface area (Å²) in [4.78, 5) is 18.5. The van der Waals surface area contributed by atoms with Crippen molar-refractivity contribution in [3.8, 4) is 11.4 Å². The lowest BCUT2D eigenvalue weighted by Gasteiger charge is -2.18. The lowest BCUT2D eigenvalue weighted by atomic mass is 9.87. The number of amides is 1. The van der Waals surface area contributed by atoms with Gasteiger partial charge in [-0.15, -0.1) is 0 Å². The minimum atomic E-state index is -4.42. The Kier molecular flexibility index (Phi) is 5.56. The molecule has 32 heavy (non-hydrogen) atoms. The van der Waals surface area contributed by atoms with Crippen molar-refractivity contribution >= 4 is 5.91 Å². The number of carbonyl (C=O) groups excluding carboxylic acids is 1. The molecule has 1 unspecified atom stereocenters. The number of hydrogen-bond acceptors (Lipinski definition) is 4. The Hall–Kier alpha value is -3.16. The summed E-state index contributed by atoms with van der Waals surface area (Å²) in [7, 11) is 0. The average molecular weight is 443 g/mol. The number of halogens is 3. The van der Waals surface area contributed by atoms with Crippen LogP contribution in [-0.2, 0) is 22.9 Å². The van der Waals surface area contributed by atoms with Crippen LogP contribution in [0.1, 0.15) is 55.7 Å². The Morgan fingerprint density at radius 2 is 1.78 bits per heavy atom. The highest BCUT2D eigenvalue weighted by Gasteiger charge is 2.35. The molecule has 168 valence electrons. The molecule has 1 aromatic heterocycles. The molecule has 0 saturated carbocycles. The number of aromatic nitrogens is 2. The average Bonchev–Trinajstić information content (AvgIpc) is 3.34. The van der Waals surface area contributed by atoms with Gasteiger partial charge in [-0.05, 0) is 28.7 Å². The highest BCUT2D eigenvalue weighted by atomic mass is 19.4. The molecule has 1 atom stereocenters. The summed E-state index contributed by atoms with van der Waals surface area (Å²) < 4.78 is 44.3. The van der Waals surface area contributed by atoms with Crippen molar-refractivity contribution in [1.82, 2.24) is 15.0 Å². The van der Waals surface area contributed by atoms with Gasteiger partial charge in [0.1, 0.15) is 0 Å². The van der Waals surface area contributed by atoms with Crippen molar-refractivity contribution in [2.45, 2.75) is 51.2 Å². The van der Waals surface area contributed by atoms with E-state index in [1.165, 1.54) is 16.5 Å². The molecule has 1 aliphatic rings. The fraction of sp³-hybridized carbons (Fsp3) is 0.375. The second kappa shape index (κ2) is 8.07. The van der Waals surface area contributed by atoms with Crippen LogP contribution < -0.4 is 0 Å². The molecule has 2 heterocycles. The molecule has 0 bridgehead atoms. The van der Waals surface area contributed by atoms with E-state index in [4.69, 9.17) is 4.52 Å². The predicted octanol–water partition coefficient (Wildman–Crippen LogP) is 5.57. The zero-order valence-electron chi connectivity index (χ0n) is 18.1. The van der Waals surface area contributed by atoms with Crippen molar-refractivity contribution in [3.05, 3.63) is 71.1 Å². The summed E-state index contributed by atoms with van der Waals surface area (Å²) in [5, 5.41) is 4.05. The summed E-state index contributed by atoms with van der Waals surface area (Å²) in [6.07, 6.45) is -4.23. The largest absolute Gasteiger partial charge is 0.416 e. The van der Waals surface area contributed by atoms with Gasteiger partial charge in [0.2, 0.25) is 17.6 Å². The normalized spacial score (nSPS) is 17.2. The van der Waals surface area contributed by atoms with Gasteiger partial charge < -0.3 is 9.42 Å². The molecule has 3 aromatic rings. The second-order valence-electron chi connectivity index (χ2n) is 9.16. The van der Waals surface area contributed by atoms with Crippen LogP contribution in [0.25, 0.3) is 11.4 Å². The van der Waals surface area contributed by atoms with Gasteiger partial charge in [-0.25, -0.2) is 0 Å². The quantitative estimate of drug-likeness (QED) is 0.529. The first-order chi connectivity index (χ1) is 15.0. The van der Waals surface area contributed by atoms with E-state index < -0.39 is 11.7 Å². The SMILES string of the molecule is CC(C)(C)c1ccc(-c2noc(C3CC(=O)N(Cc4cccc(C(F)(F)F)c4)C3)n2)cc1. The van der Waals surface area contributed by atoms with E-state index in [2.05, 4.69) is 30.9 Å². The third-order valence-corrected chi connectivity index (χ3v) is 5.64. The smallest absolute Gasteiger partial charge is 0.339 e. The molecular weight excluding hydrogens is 419 g/mol. The van der Waals surface area contributed by atoms with Gasteiger partial charge in [0.05, 0.1) is 11.5 Å². The summed E-state index contributed by atoms with van der Waals surface area (Å²) in [6, 6.07) is 13.0. The van der Waals surface area contributed by atoms with E-state index in [0.717, 1.165) is 17.7 Å². The minimum Gasteiger partial charge on any atom is -0.339 e. The van der Waals surface area contributed by atoms with E-state index in [0.29, 0.717) is 23.8 Å². The van der Waals surface area contributed by atoms with Crippen molar-refractivity contribution in [1.29, 1.82) is 0 Å². The van der Waals surface area contributed by atoms with E-state index >= 15 is 0 Å². The summed E-state index contributed by atoms with van der Waals surface area (Å²) in [5.74, 6) is 0.370. The molecule has 1 amide bonds. The number of rotatable bonds is 4. The number of hydrogen-bond donors (Lipinski definition) is 0. The maximum atomic E-state index is 13.0. The van der Waals surface area contributed by atoms with E-state index in [1.807, 2.05) is 24.3 Å². The first kappa shape index (κ1) is 22.0. The van der Waals surface area contributed by atoms with Crippen molar-refractivity contribution < 1.29 is 22.5 Å². The van der Waals surface area contributed by atoms with Crippen LogP contribution in [0.15, 0.2) is 53.1 Å². The Morgan fingerprint density at radius 3 is 2.44 bits per heavy atom. The Bertz CT molecular complexity index is 1110. The van der Waals surface area contributed by atoms with Crippen molar-refractivity contribution in [2.24, 2.45) is 0 Å². The molecule has 1 saturated heterocycles. The zero-order chi connectivity index (χ0) is 23.1. The van der Waals surface area contributed by atoms with Crippen molar-refractivity contribution in [2.75, 3.05) is 6.54 Å². The van der Waals surface area contributed by atoms with Crippen LogP contribution in [0.2, 0.25) is 0 Å². The van der Waals surface area contributed by atoms with E-state index in [1.54, 1.807) is 6.07 Å². The van der Waals surface area contributed by atoms with E-state index in [-0.39, 0.29) is 30.2 Å². The van der Waals surface area contributed by atoms with Crippen LogP contribution >= 0.6 is 0 Å². The zero-order valence-corrected chi connectivity index (χ0v) is 18.1. The highest BCUT2D eigenvalue weighted by molar-refractivity contribution is 5.79. The summed E-state index contributed by atoms with van der Waals surface area (Å²) in [5.41, 5.74) is 1.75. The third kappa shape index (κ3) is 4.69. The lowest BCUT2D eigenvalue weighted by Crippen LogP contribution is -2.24. The number of alkyl halides is 3. The summed E-state index contributed by atoms with van der Waals surface area (Å²) >= 11 is 0. The Morgan fingerprint density at radius 1 is 1.06 bits per heavy atom. The number of likely N-dealkylation sites (tertiary alicyclic amines) is 1. The molecule has 1 fully saturated rings. The fourth-order valence-corrected chi connectivity index (χ4v) is 3.79. The van der Waals surface area contributed by atoms with Gasteiger partial charge in [-0.1, -0.05) is 62.3 Å². The van der Waals surface area contributed by atoms with Crippen molar-refractivity contribution in [3.63, 3.8) is 0 Å². The Balaban J connectivity index is 1.45. The molecule has 4 rings (SSSR count). The maximum Gasteiger partial charge on any atom is 0.416 e. The molecular formula is C24H24F3N3O2. The molecule has 2 aromatic carbocycles. The first-order valence-electron chi connectivity index (χ1n) is 10.4. The van der Waals surface area contributed by atoms with Gasteiger partial charge in [0.25, 0.3) is 0 Å². The van der Waals surface area contributed by atoms with Crippen LogP contribution in [0.5, 0.6) is 0 Å². The predicted molar refractivity (Wildman–Crippen MR) is 113 cm³/mol. The highest BCUT2D eigenvalue weighted by Crippen LogP contribution is 2.32. The van der Waals surface area contributed by atoms with Gasteiger partial charge >= 0.3 is 6.18 Å². The molecule has 0 N–H and O–H groups in total. The molecule has 5 nitrogen and oxygen atoms in total. The molecule has 0 aliphatic carbocycles. The maximum absolute atomic E-state index is 13.0. The van der Waals surface area contributed by atoms with Gasteiger partial charge in [-0.2, -0.15) is 18.2 Å². The van der Waals surface area contributed by atoms with Gasteiger partial charge in [0.15, 0.2) is 0 Å². The van der Waals surface area contributed by atoms with Crippen LogP contribution in [0.3, 0.4) is 0 Å². The summed E-state index contributed by atoms with van der Waals surface area (Å²) in [6.45, 7) is 6.83. The minimum absolute atomic E-state index is 0.0359. The molecule has 1 aliphatic heterocycles. The third-order valence-electron chi connectivity index (χ3n) is 5.64. The van der Waals surface area contributed by atoms with Gasteiger partial charge in [-0.3, -0.25) is 4.79 Å². The molecule has 0 radical (unpaired) electrons. The van der Waals surface area contributed by atoms with Gasteiger partial charge in [0, 0.05) is 25.1 Å². The van der Waals surface area contributed by atoms with Crippen LogP contribution in [-0.4, -0.2) is 27.5 Å². The lowest BCUT2D eigenvalue weighted by molar-refractivity contribution is -0.137. The number of nitrogens with zero attached hydrogens (tertiary/aromatic N) is 3. The second-order valence-corrected chi connectivity index (χ2v) is 9.16. The van der Waals surface area contributed by atoms with Crippen LogP contribution in [0.4, 0.5) is 13.2 Å². The van der Waals surface area contributed by atoms with E-state index in [9.17, 15) is 18.0 Å². The molecule has 8 heteroatoms. The monoisotopic (exact) mass is 443 g/mol. The van der Waals surface area contributed by atoms with Crippen LogP contribution in [0, 0.1) is 0 Å². The molecule has 0 spiro atoms. The topological polar surface area (TPSA) is 59.2 Å².